The van der Waals surface area contributed by atoms with Crippen LogP contribution in [0.3, 0.4) is 0 Å². The monoisotopic (exact) mass is 505 g/mol. The summed E-state index contributed by atoms with van der Waals surface area (Å²) in [6.07, 6.45) is 1.36. The van der Waals surface area contributed by atoms with Gasteiger partial charge in [0.2, 0.25) is 17.7 Å². The van der Waals surface area contributed by atoms with Crippen LogP contribution in [0.2, 0.25) is 0 Å². The SMILES string of the molecule is CCC(C)C(N)C(=O)NC(CCCN=C(N)N)C(=O)NC(Cc1ccccc1)C(=O)NC(C)C(=O)O. The molecule has 0 aliphatic rings. The molecule has 0 aliphatic heterocycles. The molecule has 5 atom stereocenters. The van der Waals surface area contributed by atoms with Crippen molar-refractivity contribution in [2.45, 2.75) is 70.6 Å². The Labute approximate surface area is 211 Å². The van der Waals surface area contributed by atoms with Gasteiger partial charge in [-0.3, -0.25) is 24.2 Å². The van der Waals surface area contributed by atoms with Gasteiger partial charge in [-0.1, -0.05) is 50.6 Å². The second-order valence-corrected chi connectivity index (χ2v) is 8.74. The van der Waals surface area contributed by atoms with Gasteiger partial charge in [0.1, 0.15) is 18.1 Å². The van der Waals surface area contributed by atoms with E-state index in [-0.39, 0.29) is 31.3 Å². The van der Waals surface area contributed by atoms with Gasteiger partial charge in [0.25, 0.3) is 0 Å². The summed E-state index contributed by atoms with van der Waals surface area (Å²) < 4.78 is 0. The zero-order chi connectivity index (χ0) is 27.3. The molecule has 0 saturated carbocycles. The molecular formula is C24H39N7O5. The summed E-state index contributed by atoms with van der Waals surface area (Å²) >= 11 is 0. The smallest absolute Gasteiger partial charge is 0.325 e. The van der Waals surface area contributed by atoms with Crippen LogP contribution in [0.5, 0.6) is 0 Å². The van der Waals surface area contributed by atoms with Crippen LogP contribution in [0.15, 0.2) is 35.3 Å². The highest BCUT2D eigenvalue weighted by molar-refractivity contribution is 5.94. The van der Waals surface area contributed by atoms with E-state index in [1.807, 2.05) is 19.9 Å². The third-order valence-corrected chi connectivity index (χ3v) is 5.78. The number of nitrogens with one attached hydrogen (secondary N) is 3. The molecule has 1 aromatic carbocycles. The first-order chi connectivity index (χ1) is 17.0. The van der Waals surface area contributed by atoms with Crippen molar-refractivity contribution in [3.05, 3.63) is 35.9 Å². The van der Waals surface area contributed by atoms with Crippen molar-refractivity contribution in [2.75, 3.05) is 6.54 Å². The molecule has 0 aromatic heterocycles. The lowest BCUT2D eigenvalue weighted by molar-refractivity contribution is -0.141. The number of carboxylic acids is 1. The minimum absolute atomic E-state index is 0.0917. The van der Waals surface area contributed by atoms with Gasteiger partial charge in [-0.25, -0.2) is 0 Å². The molecule has 5 unspecified atom stereocenters. The fraction of sp³-hybridized carbons (Fsp3) is 0.542. The Balaban J connectivity index is 3.09. The maximum Gasteiger partial charge on any atom is 0.325 e. The maximum absolute atomic E-state index is 13.2. The lowest BCUT2D eigenvalue weighted by Gasteiger charge is -2.26. The van der Waals surface area contributed by atoms with E-state index in [2.05, 4.69) is 20.9 Å². The van der Waals surface area contributed by atoms with Gasteiger partial charge in [0.05, 0.1) is 6.04 Å². The molecule has 1 rings (SSSR count). The average Bonchev–Trinajstić information content (AvgIpc) is 2.84. The number of aliphatic imine (C=N–C) groups is 1. The number of carbonyl (C=O) groups excluding carboxylic acids is 3. The van der Waals surface area contributed by atoms with Crippen molar-refractivity contribution in [3.8, 4) is 0 Å². The Hall–Kier alpha value is -3.67. The minimum Gasteiger partial charge on any atom is -0.480 e. The highest BCUT2D eigenvalue weighted by Gasteiger charge is 2.30. The zero-order valence-electron chi connectivity index (χ0n) is 21.1. The number of hydrogen-bond acceptors (Lipinski definition) is 6. The molecule has 10 N–H and O–H groups in total. The first-order valence-electron chi connectivity index (χ1n) is 11.9. The quantitative estimate of drug-likeness (QED) is 0.0908. The number of rotatable bonds is 15. The molecular weight excluding hydrogens is 466 g/mol. The van der Waals surface area contributed by atoms with E-state index in [0.717, 1.165) is 5.56 Å². The van der Waals surface area contributed by atoms with E-state index in [0.29, 0.717) is 12.8 Å². The molecule has 36 heavy (non-hydrogen) atoms. The summed E-state index contributed by atoms with van der Waals surface area (Å²) in [6.45, 7) is 5.30. The number of hydrogen-bond donors (Lipinski definition) is 7. The molecule has 0 bridgehead atoms. The van der Waals surface area contributed by atoms with Crippen molar-refractivity contribution in [2.24, 2.45) is 28.1 Å². The summed E-state index contributed by atoms with van der Waals surface area (Å²) in [5.41, 5.74) is 17.5. The van der Waals surface area contributed by atoms with E-state index in [9.17, 15) is 19.2 Å². The van der Waals surface area contributed by atoms with Crippen LogP contribution in [0.4, 0.5) is 0 Å². The predicted octanol–water partition coefficient (Wildman–Crippen LogP) is -0.785. The molecule has 0 saturated heterocycles. The molecule has 0 spiro atoms. The summed E-state index contributed by atoms with van der Waals surface area (Å²) in [5, 5.41) is 16.9. The van der Waals surface area contributed by atoms with Crippen molar-refractivity contribution < 1.29 is 24.3 Å². The number of nitrogens with two attached hydrogens (primary N) is 3. The van der Waals surface area contributed by atoms with E-state index in [1.54, 1.807) is 24.3 Å². The van der Waals surface area contributed by atoms with Crippen LogP contribution in [0, 0.1) is 5.92 Å². The topological polar surface area (TPSA) is 215 Å². The first-order valence-corrected chi connectivity index (χ1v) is 11.9. The van der Waals surface area contributed by atoms with E-state index < -0.39 is 47.9 Å². The van der Waals surface area contributed by atoms with Gasteiger partial charge in [0, 0.05) is 13.0 Å². The van der Waals surface area contributed by atoms with Crippen LogP contribution in [0.1, 0.15) is 45.6 Å². The van der Waals surface area contributed by atoms with Crippen LogP contribution in [0.25, 0.3) is 0 Å². The molecule has 0 fully saturated rings. The van der Waals surface area contributed by atoms with Gasteiger partial charge < -0.3 is 38.3 Å². The second-order valence-electron chi connectivity index (χ2n) is 8.74. The Kier molecular flexibility index (Phi) is 12.9. The number of aliphatic carboxylic acids is 1. The summed E-state index contributed by atoms with van der Waals surface area (Å²) in [6, 6.07) is 4.89. The number of guanidine groups is 1. The molecule has 12 nitrogen and oxygen atoms in total. The fourth-order valence-electron chi connectivity index (χ4n) is 3.26. The van der Waals surface area contributed by atoms with Gasteiger partial charge >= 0.3 is 5.97 Å². The lowest BCUT2D eigenvalue weighted by Crippen LogP contribution is -2.57. The van der Waals surface area contributed by atoms with Crippen molar-refractivity contribution >= 4 is 29.7 Å². The van der Waals surface area contributed by atoms with Crippen molar-refractivity contribution in [1.29, 1.82) is 0 Å². The van der Waals surface area contributed by atoms with E-state index in [4.69, 9.17) is 22.3 Å². The third-order valence-electron chi connectivity index (χ3n) is 5.78. The molecule has 0 aliphatic carbocycles. The second kappa shape index (κ2) is 15.4. The number of carboxylic acid groups (broad SMARTS) is 1. The predicted molar refractivity (Wildman–Crippen MR) is 137 cm³/mol. The molecule has 12 heteroatoms. The van der Waals surface area contributed by atoms with Gasteiger partial charge in [-0.05, 0) is 31.2 Å². The molecule has 0 radical (unpaired) electrons. The van der Waals surface area contributed by atoms with Gasteiger partial charge in [-0.2, -0.15) is 0 Å². The first kappa shape index (κ1) is 30.4. The molecule has 3 amide bonds. The lowest BCUT2D eigenvalue weighted by atomic mass is 9.98. The van der Waals surface area contributed by atoms with Crippen molar-refractivity contribution in [3.63, 3.8) is 0 Å². The minimum atomic E-state index is -1.21. The van der Waals surface area contributed by atoms with Gasteiger partial charge in [-0.15, -0.1) is 0 Å². The Morgan fingerprint density at radius 1 is 0.944 bits per heavy atom. The van der Waals surface area contributed by atoms with Crippen LogP contribution >= 0.6 is 0 Å². The Bertz CT molecular complexity index is 905. The van der Waals surface area contributed by atoms with Crippen LogP contribution in [-0.2, 0) is 25.6 Å². The number of carbonyl (C=O) groups is 4. The van der Waals surface area contributed by atoms with Crippen LogP contribution < -0.4 is 33.2 Å². The van der Waals surface area contributed by atoms with E-state index >= 15 is 0 Å². The normalized spacial score (nSPS) is 14.9. The maximum atomic E-state index is 13.2. The number of nitrogens with zero attached hydrogens (tertiary/aromatic N) is 1. The van der Waals surface area contributed by atoms with E-state index in [1.165, 1.54) is 6.92 Å². The van der Waals surface area contributed by atoms with Gasteiger partial charge in [0.15, 0.2) is 5.96 Å². The number of amides is 3. The zero-order valence-corrected chi connectivity index (χ0v) is 21.1. The van der Waals surface area contributed by atoms with Crippen LogP contribution in [-0.4, -0.2) is 65.5 Å². The molecule has 0 heterocycles. The fourth-order valence-corrected chi connectivity index (χ4v) is 3.26. The molecule has 1 aromatic rings. The largest absolute Gasteiger partial charge is 0.480 e. The summed E-state index contributed by atoms with van der Waals surface area (Å²) in [4.78, 5) is 53.9. The standard InChI is InChI=1S/C24H39N7O5/c1-4-14(2)19(25)22(34)30-17(11-8-12-28-24(26)27)20(32)31-18(13-16-9-6-5-7-10-16)21(33)29-15(3)23(35)36/h5-7,9-10,14-15,17-19H,4,8,11-13,25H2,1-3H3,(H,29,33)(H,30,34)(H,31,32)(H,35,36)(H4,26,27,28). The Morgan fingerprint density at radius 3 is 2.08 bits per heavy atom. The average molecular weight is 506 g/mol. The van der Waals surface area contributed by atoms with Crippen molar-refractivity contribution in [1.82, 2.24) is 16.0 Å². The summed E-state index contributed by atoms with van der Waals surface area (Å²) in [5.74, 6) is -3.17. The third kappa shape index (κ3) is 10.7. The number of benzene rings is 1. The molecule has 200 valence electrons. The summed E-state index contributed by atoms with van der Waals surface area (Å²) in [7, 11) is 0. The Morgan fingerprint density at radius 2 is 1.53 bits per heavy atom. The highest BCUT2D eigenvalue weighted by Crippen LogP contribution is 2.09. The highest BCUT2D eigenvalue weighted by atomic mass is 16.4.